The monoisotopic (exact) mass is 431 g/mol. The summed E-state index contributed by atoms with van der Waals surface area (Å²) in [6, 6.07) is 11.7. The molecule has 0 saturated heterocycles. The molecule has 0 saturated carbocycles. The van der Waals surface area contributed by atoms with Crippen molar-refractivity contribution in [1.29, 1.82) is 0 Å². The molecule has 0 aliphatic heterocycles. The zero-order valence-corrected chi connectivity index (χ0v) is 18.9. The first-order valence-electron chi connectivity index (χ1n) is 11.3. The number of imidazole rings is 1. The molecule has 32 heavy (non-hydrogen) atoms. The summed E-state index contributed by atoms with van der Waals surface area (Å²) in [4.78, 5) is 17.9. The highest BCUT2D eigenvalue weighted by atomic mass is 16.1. The Morgan fingerprint density at radius 3 is 2.50 bits per heavy atom. The Morgan fingerprint density at radius 2 is 1.81 bits per heavy atom. The van der Waals surface area contributed by atoms with Crippen LogP contribution in [-0.4, -0.2) is 34.7 Å². The topological polar surface area (TPSA) is 94.3 Å². The van der Waals surface area contributed by atoms with Crippen LogP contribution in [-0.2, 0) is 13.0 Å². The van der Waals surface area contributed by atoms with Crippen LogP contribution in [0, 0.1) is 6.92 Å². The summed E-state index contributed by atoms with van der Waals surface area (Å²) < 4.78 is 3.80. The summed E-state index contributed by atoms with van der Waals surface area (Å²) >= 11 is 0. The summed E-state index contributed by atoms with van der Waals surface area (Å²) in [5.41, 5.74) is 5.60. The molecule has 0 bridgehead atoms. The highest BCUT2D eigenvalue weighted by Gasteiger charge is 2.18. The van der Waals surface area contributed by atoms with E-state index < -0.39 is 0 Å². The van der Waals surface area contributed by atoms with Crippen LogP contribution in [0.15, 0.2) is 47.4 Å². The second-order valence-corrected chi connectivity index (χ2v) is 7.94. The number of tetrazole rings is 1. The van der Waals surface area contributed by atoms with E-state index >= 15 is 0 Å². The van der Waals surface area contributed by atoms with Gasteiger partial charge >= 0.3 is 5.69 Å². The van der Waals surface area contributed by atoms with E-state index in [1.54, 1.807) is 6.20 Å². The predicted octanol–water partition coefficient (Wildman–Crippen LogP) is 4.33. The number of aromatic amines is 1. The van der Waals surface area contributed by atoms with Gasteiger partial charge < -0.3 is 0 Å². The van der Waals surface area contributed by atoms with Gasteiger partial charge in [-0.3, -0.25) is 14.1 Å². The number of rotatable bonds is 9. The Kier molecular flexibility index (Phi) is 6.58. The third kappa shape index (κ3) is 4.12. The third-order valence-electron chi connectivity index (χ3n) is 5.81. The molecule has 3 aromatic heterocycles. The summed E-state index contributed by atoms with van der Waals surface area (Å²) in [5, 5.41) is 14.3. The van der Waals surface area contributed by atoms with Crippen molar-refractivity contribution in [3.8, 4) is 28.3 Å². The minimum atomic E-state index is 0.0418. The van der Waals surface area contributed by atoms with Crippen LogP contribution < -0.4 is 5.69 Å². The molecule has 3 heterocycles. The van der Waals surface area contributed by atoms with Crippen LogP contribution >= 0.6 is 0 Å². The summed E-state index contributed by atoms with van der Waals surface area (Å²) in [5.74, 6) is 0.499. The zero-order chi connectivity index (χ0) is 22.5. The van der Waals surface area contributed by atoms with Crippen LogP contribution in [0.3, 0.4) is 0 Å². The lowest BCUT2D eigenvalue weighted by molar-refractivity contribution is 0.597. The van der Waals surface area contributed by atoms with Crippen LogP contribution in [0.1, 0.15) is 50.9 Å². The van der Waals surface area contributed by atoms with Crippen LogP contribution in [0.5, 0.6) is 0 Å². The summed E-state index contributed by atoms with van der Waals surface area (Å²) in [7, 11) is 0. The van der Waals surface area contributed by atoms with Gasteiger partial charge in [-0.1, -0.05) is 38.8 Å². The molecule has 0 aliphatic carbocycles. The van der Waals surface area contributed by atoms with Crippen molar-refractivity contribution >= 4 is 0 Å². The van der Waals surface area contributed by atoms with Gasteiger partial charge in [-0.2, -0.15) is 5.21 Å². The van der Waals surface area contributed by atoms with Gasteiger partial charge in [0.15, 0.2) is 0 Å². The molecule has 166 valence electrons. The second-order valence-electron chi connectivity index (χ2n) is 7.94. The molecule has 0 radical (unpaired) electrons. The van der Waals surface area contributed by atoms with Gasteiger partial charge in [0.05, 0.1) is 11.4 Å². The summed E-state index contributed by atoms with van der Waals surface area (Å²) in [6.07, 6.45) is 6.83. The number of aromatic nitrogens is 7. The number of hydrogen-bond donors (Lipinski definition) is 1. The van der Waals surface area contributed by atoms with E-state index in [9.17, 15) is 4.79 Å². The molecular weight excluding hydrogens is 402 g/mol. The number of hydrogen-bond acceptors (Lipinski definition) is 5. The lowest BCUT2D eigenvalue weighted by Gasteiger charge is -2.10. The molecule has 8 heteroatoms. The maximum atomic E-state index is 13.3. The Hall–Kier alpha value is -3.55. The molecule has 1 N–H and O–H groups in total. The summed E-state index contributed by atoms with van der Waals surface area (Å²) in [6.45, 7) is 7.15. The molecule has 4 rings (SSSR count). The largest absolute Gasteiger partial charge is 0.333 e. The van der Waals surface area contributed by atoms with Gasteiger partial charge in [0.2, 0.25) is 5.82 Å². The van der Waals surface area contributed by atoms with Gasteiger partial charge in [0.1, 0.15) is 0 Å². The predicted molar refractivity (Wildman–Crippen MR) is 125 cm³/mol. The number of pyridine rings is 1. The number of nitrogens with zero attached hydrogens (tertiary/aromatic N) is 6. The standard InChI is InChI=1S/C24H29N7O/c1-4-6-10-21-17(3)30(16-7-5-2)24(32)31(21)19-13-11-18(12-14-19)22-20(9-8-15-25-22)23-26-28-29-27-23/h8-9,11-15H,4-7,10,16H2,1-3H3,(H,26,27,28,29). The van der Waals surface area contributed by atoms with Gasteiger partial charge in [-0.05, 0) is 55.7 Å². The second kappa shape index (κ2) is 9.72. The molecule has 8 nitrogen and oxygen atoms in total. The normalized spacial score (nSPS) is 11.2. The van der Waals surface area contributed by atoms with Crippen LogP contribution in [0.25, 0.3) is 28.3 Å². The average Bonchev–Trinajstić information content (AvgIpc) is 3.44. The Labute approximate surface area is 187 Å². The molecular formula is C24H29N7O. The van der Waals surface area contributed by atoms with E-state index in [4.69, 9.17) is 0 Å². The van der Waals surface area contributed by atoms with Crippen molar-refractivity contribution in [2.24, 2.45) is 0 Å². The Morgan fingerprint density at radius 1 is 1.03 bits per heavy atom. The molecule has 0 fully saturated rings. The SMILES string of the molecule is CCCCc1c(C)n(CCCC)c(=O)n1-c1ccc(-c2ncccc2-c2nn[nH]n2)cc1. The third-order valence-corrected chi connectivity index (χ3v) is 5.81. The Balaban J connectivity index is 1.75. The molecule has 0 amide bonds. The van der Waals surface area contributed by atoms with Gasteiger partial charge in [-0.25, -0.2) is 4.79 Å². The fourth-order valence-corrected chi connectivity index (χ4v) is 4.04. The first-order chi connectivity index (χ1) is 15.7. The first kappa shape index (κ1) is 21.7. The van der Waals surface area contributed by atoms with Crippen molar-refractivity contribution in [3.05, 3.63) is 64.5 Å². The maximum absolute atomic E-state index is 13.3. The van der Waals surface area contributed by atoms with E-state index in [1.165, 1.54) is 0 Å². The van der Waals surface area contributed by atoms with Crippen molar-refractivity contribution in [3.63, 3.8) is 0 Å². The van der Waals surface area contributed by atoms with Crippen molar-refractivity contribution < 1.29 is 0 Å². The molecule has 0 spiro atoms. The molecule has 4 aromatic rings. The van der Waals surface area contributed by atoms with Crippen LogP contribution in [0.2, 0.25) is 0 Å². The highest BCUT2D eigenvalue weighted by Crippen LogP contribution is 2.28. The Bertz CT molecular complexity index is 1220. The van der Waals surface area contributed by atoms with Crippen molar-refractivity contribution in [1.82, 2.24) is 34.7 Å². The lowest BCUT2D eigenvalue weighted by Crippen LogP contribution is -2.24. The molecule has 0 aliphatic rings. The van der Waals surface area contributed by atoms with Gasteiger partial charge in [0.25, 0.3) is 0 Å². The number of unbranched alkanes of at least 4 members (excludes halogenated alkanes) is 2. The number of H-pyrrole nitrogens is 1. The van der Waals surface area contributed by atoms with Crippen molar-refractivity contribution in [2.75, 3.05) is 0 Å². The number of benzene rings is 1. The van der Waals surface area contributed by atoms with E-state index in [1.807, 2.05) is 45.5 Å². The fraction of sp³-hybridized carbons (Fsp3) is 0.375. The minimum Gasteiger partial charge on any atom is -0.296 e. The molecule has 0 atom stereocenters. The number of nitrogens with one attached hydrogen (secondary N) is 1. The smallest absolute Gasteiger partial charge is 0.296 e. The van der Waals surface area contributed by atoms with E-state index in [2.05, 4.69) is 46.4 Å². The fourth-order valence-electron chi connectivity index (χ4n) is 4.04. The molecule has 0 unspecified atom stereocenters. The minimum absolute atomic E-state index is 0.0418. The highest BCUT2D eigenvalue weighted by molar-refractivity contribution is 5.77. The maximum Gasteiger partial charge on any atom is 0.333 e. The van der Waals surface area contributed by atoms with Crippen LogP contribution in [0.4, 0.5) is 0 Å². The van der Waals surface area contributed by atoms with Gasteiger partial charge in [-0.15, -0.1) is 10.2 Å². The van der Waals surface area contributed by atoms with Gasteiger partial charge in [0, 0.05) is 35.3 Å². The van der Waals surface area contributed by atoms with E-state index in [0.29, 0.717) is 5.82 Å². The van der Waals surface area contributed by atoms with E-state index in [0.717, 1.165) is 72.5 Å². The molecule has 1 aromatic carbocycles. The quantitative estimate of drug-likeness (QED) is 0.426. The average molecular weight is 432 g/mol. The van der Waals surface area contributed by atoms with E-state index in [-0.39, 0.29) is 5.69 Å². The zero-order valence-electron chi connectivity index (χ0n) is 18.9. The first-order valence-corrected chi connectivity index (χ1v) is 11.3. The van der Waals surface area contributed by atoms with Crippen molar-refractivity contribution in [2.45, 2.75) is 59.4 Å². The lowest BCUT2D eigenvalue weighted by atomic mass is 10.0.